The second-order valence-corrected chi connectivity index (χ2v) is 10.4. The third-order valence-electron chi connectivity index (χ3n) is 6.58. The fourth-order valence-corrected chi connectivity index (χ4v) is 5.75. The van der Waals surface area contributed by atoms with Crippen LogP contribution >= 0.6 is 0 Å². The van der Waals surface area contributed by atoms with Crippen molar-refractivity contribution in [3.05, 3.63) is 53.6 Å². The van der Waals surface area contributed by atoms with Gasteiger partial charge in [-0.15, -0.1) is 0 Å². The largest absolute Gasteiger partial charge is 0.497 e. The van der Waals surface area contributed by atoms with Crippen LogP contribution in [0.5, 0.6) is 17.2 Å². The van der Waals surface area contributed by atoms with Gasteiger partial charge in [-0.2, -0.15) is 5.10 Å². The van der Waals surface area contributed by atoms with Crippen molar-refractivity contribution in [1.82, 2.24) is 9.31 Å². The fraction of sp³-hybridized carbons (Fsp3) is 0.435. The molecule has 0 amide bonds. The van der Waals surface area contributed by atoms with E-state index < -0.39 is 15.7 Å². The Bertz CT molecular complexity index is 1170. The first-order chi connectivity index (χ1) is 15.3. The van der Waals surface area contributed by atoms with Gasteiger partial charge in [0.15, 0.2) is 11.5 Å². The number of piperidine rings is 1. The Labute approximate surface area is 188 Å². The smallest absolute Gasteiger partial charge is 0.211 e. The number of rotatable bonds is 4. The summed E-state index contributed by atoms with van der Waals surface area (Å²) >= 11 is 0. The molecule has 8 nitrogen and oxygen atoms in total. The lowest BCUT2D eigenvalue weighted by molar-refractivity contribution is -0.144. The van der Waals surface area contributed by atoms with E-state index in [1.54, 1.807) is 14.2 Å². The van der Waals surface area contributed by atoms with Crippen LogP contribution in [-0.2, 0) is 10.0 Å². The van der Waals surface area contributed by atoms with E-state index >= 15 is 0 Å². The molecule has 3 aliphatic rings. The molecule has 3 heterocycles. The summed E-state index contributed by atoms with van der Waals surface area (Å²) in [5.74, 6) is 2.19. The van der Waals surface area contributed by atoms with Crippen LogP contribution in [0.1, 0.15) is 36.4 Å². The van der Waals surface area contributed by atoms with Gasteiger partial charge in [-0.3, -0.25) is 0 Å². The van der Waals surface area contributed by atoms with Gasteiger partial charge in [0, 0.05) is 43.5 Å². The lowest BCUT2D eigenvalue weighted by Crippen LogP contribution is -2.59. The zero-order chi connectivity index (χ0) is 22.5. The highest BCUT2D eigenvalue weighted by molar-refractivity contribution is 7.88. The second kappa shape index (κ2) is 7.67. The summed E-state index contributed by atoms with van der Waals surface area (Å²) in [6.07, 6.45) is 3.00. The maximum atomic E-state index is 12.1. The van der Waals surface area contributed by atoms with Crippen molar-refractivity contribution in [3.8, 4) is 17.2 Å². The highest BCUT2D eigenvalue weighted by Gasteiger charge is 2.53. The summed E-state index contributed by atoms with van der Waals surface area (Å²) < 4.78 is 43.3. The van der Waals surface area contributed by atoms with Crippen molar-refractivity contribution in [1.29, 1.82) is 0 Å². The maximum Gasteiger partial charge on any atom is 0.211 e. The number of para-hydroxylation sites is 1. The molecule has 5 rings (SSSR count). The van der Waals surface area contributed by atoms with E-state index in [-0.39, 0.29) is 6.04 Å². The van der Waals surface area contributed by atoms with Gasteiger partial charge in [-0.25, -0.2) is 17.7 Å². The molecule has 1 atom stereocenters. The topological polar surface area (TPSA) is 80.7 Å². The minimum Gasteiger partial charge on any atom is -0.497 e. The fourth-order valence-electron chi connectivity index (χ4n) is 4.91. The lowest BCUT2D eigenvalue weighted by Gasteiger charge is -2.50. The minimum atomic E-state index is -3.25. The molecule has 0 aliphatic carbocycles. The zero-order valence-electron chi connectivity index (χ0n) is 18.4. The molecule has 0 N–H and O–H groups in total. The predicted octanol–water partition coefficient (Wildman–Crippen LogP) is 3.00. The molecule has 2 aromatic rings. The van der Waals surface area contributed by atoms with Crippen LogP contribution in [0, 0.1) is 0 Å². The van der Waals surface area contributed by atoms with Crippen LogP contribution in [0.4, 0.5) is 0 Å². The highest BCUT2D eigenvalue weighted by Crippen LogP contribution is 2.52. The SMILES string of the molecule is COc1cccc(C2=NN3[C@H](C2)c2cccc(OC)c2OC32CCN(S(C)(=O)=O)CC2)c1. The summed E-state index contributed by atoms with van der Waals surface area (Å²) in [6, 6.07) is 13.8. The standard InChI is InChI=1S/C23H27N3O5S/c1-29-17-7-4-6-16(14-17)19-15-20-18-8-5-9-21(30-2)22(18)31-23(26(20)24-19)10-12-25(13-11-23)32(3,27)28/h4-9,14,20H,10-13,15H2,1-3H3/t20-/m1/s1. The number of ether oxygens (including phenoxy) is 3. The molecule has 0 bridgehead atoms. The molecule has 3 aliphatic heterocycles. The maximum absolute atomic E-state index is 12.1. The number of hydrazone groups is 1. The van der Waals surface area contributed by atoms with Gasteiger partial charge >= 0.3 is 0 Å². The number of fused-ring (bicyclic) bond motifs is 4. The van der Waals surface area contributed by atoms with Gasteiger partial charge in [0.05, 0.1) is 32.2 Å². The van der Waals surface area contributed by atoms with Crippen LogP contribution in [-0.4, -0.2) is 62.7 Å². The van der Waals surface area contributed by atoms with Crippen LogP contribution in [0.15, 0.2) is 47.6 Å². The summed E-state index contributed by atoms with van der Waals surface area (Å²) in [5.41, 5.74) is 2.26. The molecular formula is C23H27N3O5S. The quantitative estimate of drug-likeness (QED) is 0.702. The van der Waals surface area contributed by atoms with Crippen LogP contribution in [0.2, 0.25) is 0 Å². The zero-order valence-corrected chi connectivity index (χ0v) is 19.3. The van der Waals surface area contributed by atoms with Crippen LogP contribution < -0.4 is 14.2 Å². The molecule has 170 valence electrons. The Morgan fingerprint density at radius 1 is 1.09 bits per heavy atom. The second-order valence-electron chi connectivity index (χ2n) is 8.43. The molecule has 1 spiro atoms. The molecule has 9 heteroatoms. The Morgan fingerprint density at radius 3 is 2.53 bits per heavy atom. The van der Waals surface area contributed by atoms with E-state index in [0.29, 0.717) is 38.1 Å². The van der Waals surface area contributed by atoms with Gasteiger partial charge in [0.25, 0.3) is 0 Å². The van der Waals surface area contributed by atoms with E-state index in [2.05, 4.69) is 11.1 Å². The van der Waals surface area contributed by atoms with E-state index in [0.717, 1.165) is 28.3 Å². The van der Waals surface area contributed by atoms with Crippen molar-refractivity contribution in [2.45, 2.75) is 31.0 Å². The van der Waals surface area contributed by atoms with E-state index in [1.165, 1.54) is 10.6 Å². The van der Waals surface area contributed by atoms with Gasteiger partial charge in [-0.1, -0.05) is 24.3 Å². The number of hydrogen-bond acceptors (Lipinski definition) is 7. The lowest BCUT2D eigenvalue weighted by atomic mass is 9.91. The molecule has 0 saturated carbocycles. The first-order valence-electron chi connectivity index (χ1n) is 10.7. The number of sulfonamides is 1. The van der Waals surface area contributed by atoms with Crippen molar-refractivity contribution in [3.63, 3.8) is 0 Å². The average molecular weight is 458 g/mol. The molecule has 1 saturated heterocycles. The Morgan fingerprint density at radius 2 is 1.84 bits per heavy atom. The summed E-state index contributed by atoms with van der Waals surface area (Å²) in [6.45, 7) is 0.771. The Hall–Kier alpha value is -2.78. The predicted molar refractivity (Wildman–Crippen MR) is 121 cm³/mol. The Balaban J connectivity index is 1.57. The molecule has 0 radical (unpaired) electrons. The average Bonchev–Trinajstić information content (AvgIpc) is 3.26. The summed E-state index contributed by atoms with van der Waals surface area (Å²) in [5, 5.41) is 7.09. The highest BCUT2D eigenvalue weighted by atomic mass is 32.2. The molecule has 2 aromatic carbocycles. The molecule has 0 aromatic heterocycles. The first-order valence-corrected chi connectivity index (χ1v) is 12.5. The van der Waals surface area contributed by atoms with Gasteiger partial charge in [0.2, 0.25) is 15.7 Å². The summed E-state index contributed by atoms with van der Waals surface area (Å²) in [4.78, 5) is 0. The number of nitrogens with zero attached hydrogens (tertiary/aromatic N) is 3. The normalized spacial score (nSPS) is 22.0. The monoisotopic (exact) mass is 457 g/mol. The van der Waals surface area contributed by atoms with Crippen LogP contribution in [0.3, 0.4) is 0 Å². The molecule has 32 heavy (non-hydrogen) atoms. The van der Waals surface area contributed by atoms with Gasteiger partial charge < -0.3 is 14.2 Å². The third-order valence-corrected chi connectivity index (χ3v) is 7.89. The van der Waals surface area contributed by atoms with Gasteiger partial charge in [0.1, 0.15) is 5.75 Å². The Kier molecular flexibility index (Phi) is 5.05. The van der Waals surface area contributed by atoms with Gasteiger partial charge in [-0.05, 0) is 18.2 Å². The van der Waals surface area contributed by atoms with Crippen molar-refractivity contribution >= 4 is 15.7 Å². The van der Waals surface area contributed by atoms with Crippen LogP contribution in [0.25, 0.3) is 0 Å². The van der Waals surface area contributed by atoms with Crippen molar-refractivity contribution in [2.75, 3.05) is 33.6 Å². The van der Waals surface area contributed by atoms with E-state index in [1.807, 2.05) is 36.4 Å². The van der Waals surface area contributed by atoms with Crippen molar-refractivity contribution < 1.29 is 22.6 Å². The molecule has 0 unspecified atom stereocenters. The number of benzene rings is 2. The van der Waals surface area contributed by atoms with E-state index in [9.17, 15) is 8.42 Å². The van der Waals surface area contributed by atoms with Crippen molar-refractivity contribution in [2.24, 2.45) is 5.10 Å². The first kappa shape index (κ1) is 21.1. The molecule has 1 fully saturated rings. The number of hydrogen-bond donors (Lipinski definition) is 0. The number of methoxy groups -OCH3 is 2. The molecular weight excluding hydrogens is 430 g/mol. The third kappa shape index (κ3) is 3.40. The summed E-state index contributed by atoms with van der Waals surface area (Å²) in [7, 11) is 0.0353. The minimum absolute atomic E-state index is 0.0140. The van der Waals surface area contributed by atoms with E-state index in [4.69, 9.17) is 19.3 Å².